The van der Waals surface area contributed by atoms with Gasteiger partial charge in [0, 0.05) is 28.2 Å². The Bertz CT molecular complexity index is 2830. The number of hydrogen-bond acceptors (Lipinski definition) is 2. The molecule has 0 saturated carbocycles. The number of hydrogen-bond donors (Lipinski definition) is 0. The summed E-state index contributed by atoms with van der Waals surface area (Å²) in [4.78, 5) is 2.45. The molecule has 0 fully saturated rings. The molecule has 0 radical (unpaired) electrons. The van der Waals surface area contributed by atoms with Gasteiger partial charge in [-0.25, -0.2) is 0 Å². The molecule has 0 N–H and O–H groups in total. The summed E-state index contributed by atoms with van der Waals surface area (Å²) in [6, 6.07) is 84.5. The summed E-state index contributed by atoms with van der Waals surface area (Å²) in [6.07, 6.45) is 0. The van der Waals surface area contributed by atoms with Gasteiger partial charge in [0.2, 0.25) is 0 Å². The molecule has 0 aromatic heterocycles. The van der Waals surface area contributed by atoms with Crippen molar-refractivity contribution in [2.24, 2.45) is 0 Å². The van der Waals surface area contributed by atoms with Gasteiger partial charge in [-0.3, -0.25) is 0 Å². The van der Waals surface area contributed by atoms with E-state index >= 15 is 0 Å². The van der Waals surface area contributed by atoms with Gasteiger partial charge in [0.15, 0.2) is 0 Å². The third kappa shape index (κ3) is 5.47. The van der Waals surface area contributed by atoms with E-state index in [0.717, 1.165) is 28.6 Å². The van der Waals surface area contributed by atoms with Crippen LogP contribution in [0.5, 0.6) is 11.5 Å². The zero-order chi connectivity index (χ0) is 38.5. The summed E-state index contributed by atoms with van der Waals surface area (Å²) in [5.74, 6) is 1.81. The van der Waals surface area contributed by atoms with Crippen molar-refractivity contribution in [3.8, 4) is 33.8 Å². The maximum absolute atomic E-state index is 6.72. The highest BCUT2D eigenvalue weighted by Gasteiger charge is 2.51. The molecule has 9 aromatic carbocycles. The molecule has 1 spiro atoms. The first-order valence-corrected chi connectivity index (χ1v) is 21.8. The fraction of sp³-hybridized carbons (Fsp3) is 0.0182. The highest BCUT2D eigenvalue weighted by Crippen LogP contribution is 2.56. The van der Waals surface area contributed by atoms with Crippen LogP contribution in [0.3, 0.4) is 0 Å². The topological polar surface area (TPSA) is 12.5 Å². The van der Waals surface area contributed by atoms with Crippen LogP contribution >= 0.6 is 0 Å². The fourth-order valence-electron chi connectivity index (χ4n) is 9.61. The Balaban J connectivity index is 1.22. The molecule has 9 aromatic rings. The summed E-state index contributed by atoms with van der Waals surface area (Å²) in [7, 11) is -2.05. The van der Waals surface area contributed by atoms with Crippen molar-refractivity contribution in [1.82, 2.24) is 0 Å². The Morgan fingerprint density at radius 3 is 1.41 bits per heavy atom. The maximum atomic E-state index is 6.72. The SMILES string of the molecule is c1ccc(-c2cc(-c3ccccc3)cc(N(c3ccccc3)c3ccc4c(c3)[SiH](c3ccccc3)c3ccccc3C43c4ccccc4Oc4ccccc43)c2)cc1. The lowest BCUT2D eigenvalue weighted by Crippen LogP contribution is -2.62. The molecule has 274 valence electrons. The van der Waals surface area contributed by atoms with E-state index in [1.807, 2.05) is 0 Å². The molecule has 0 saturated heterocycles. The van der Waals surface area contributed by atoms with Crippen molar-refractivity contribution in [3.05, 3.63) is 253 Å². The number of benzene rings is 9. The number of rotatable bonds is 6. The first-order valence-electron chi connectivity index (χ1n) is 20.0. The van der Waals surface area contributed by atoms with E-state index in [-0.39, 0.29) is 0 Å². The molecule has 0 bridgehead atoms. The molecule has 1 unspecified atom stereocenters. The second-order valence-corrected chi connectivity index (χ2v) is 18.0. The van der Waals surface area contributed by atoms with Gasteiger partial charge in [0.25, 0.3) is 0 Å². The van der Waals surface area contributed by atoms with Gasteiger partial charge in [-0.2, -0.15) is 0 Å². The average Bonchev–Trinajstić information content (AvgIpc) is 3.30. The molecule has 11 rings (SSSR count). The standard InChI is InChI=1S/C55H39NOSi/c1-5-19-39(20-6-1)41-35-42(40-21-7-2-8-22-40)37-45(36-41)56(43-23-9-3-10-24-43)44-33-34-50-54(38-44)58(46-25-11-4-12-26-46)53-32-18-15-29-49(53)55(50)47-27-13-16-30-51(47)57-52-31-17-14-28-48(52)55/h1-38,58H. The third-order valence-electron chi connectivity index (χ3n) is 12.0. The Hall–Kier alpha value is -7.20. The van der Waals surface area contributed by atoms with Crippen molar-refractivity contribution in [2.75, 3.05) is 4.90 Å². The molecule has 0 amide bonds. The molecule has 3 heteroatoms. The lowest BCUT2D eigenvalue weighted by molar-refractivity contribution is 0.435. The first kappa shape index (κ1) is 34.1. The molecule has 2 aliphatic heterocycles. The molecule has 1 atom stereocenters. The van der Waals surface area contributed by atoms with E-state index in [4.69, 9.17) is 4.74 Å². The van der Waals surface area contributed by atoms with E-state index in [1.54, 1.807) is 0 Å². The van der Waals surface area contributed by atoms with Crippen LogP contribution in [0.2, 0.25) is 0 Å². The Morgan fingerprint density at radius 1 is 0.328 bits per heavy atom. The van der Waals surface area contributed by atoms with Crippen LogP contribution in [0.15, 0.2) is 231 Å². The number of para-hydroxylation sites is 3. The Labute approximate surface area is 341 Å². The van der Waals surface area contributed by atoms with Crippen LogP contribution in [0.25, 0.3) is 22.3 Å². The minimum Gasteiger partial charge on any atom is -0.457 e. The van der Waals surface area contributed by atoms with Crippen LogP contribution in [-0.2, 0) is 5.41 Å². The van der Waals surface area contributed by atoms with Crippen molar-refractivity contribution in [1.29, 1.82) is 0 Å². The van der Waals surface area contributed by atoms with Gasteiger partial charge >= 0.3 is 0 Å². The second kappa shape index (κ2) is 14.1. The lowest BCUT2D eigenvalue weighted by atomic mass is 9.63. The lowest BCUT2D eigenvalue weighted by Gasteiger charge is -2.47. The molecular formula is C55H39NOSi. The number of ether oxygens (including phenoxy) is 1. The number of anilines is 3. The van der Waals surface area contributed by atoms with Gasteiger partial charge in [-0.05, 0) is 98.4 Å². The summed E-state index contributed by atoms with van der Waals surface area (Å²) in [5, 5.41) is 4.26. The van der Waals surface area contributed by atoms with Crippen LogP contribution in [-0.4, -0.2) is 8.80 Å². The maximum Gasteiger partial charge on any atom is 0.133 e. The molecule has 2 heterocycles. The Morgan fingerprint density at radius 2 is 0.810 bits per heavy atom. The van der Waals surface area contributed by atoms with Gasteiger partial charge < -0.3 is 9.64 Å². The van der Waals surface area contributed by atoms with Crippen LogP contribution in [0, 0.1) is 0 Å². The van der Waals surface area contributed by atoms with Crippen molar-refractivity contribution in [2.45, 2.75) is 5.41 Å². The summed E-state index contributed by atoms with van der Waals surface area (Å²) >= 11 is 0. The predicted molar refractivity (Wildman–Crippen MR) is 243 cm³/mol. The van der Waals surface area contributed by atoms with Crippen molar-refractivity contribution in [3.63, 3.8) is 0 Å². The largest absolute Gasteiger partial charge is 0.457 e. The molecule has 2 aliphatic rings. The summed E-state index contributed by atoms with van der Waals surface area (Å²) < 4.78 is 6.72. The normalized spacial score (nSPS) is 14.3. The summed E-state index contributed by atoms with van der Waals surface area (Å²) in [5.41, 5.74) is 12.5. The molecule has 58 heavy (non-hydrogen) atoms. The van der Waals surface area contributed by atoms with E-state index in [2.05, 4.69) is 235 Å². The number of nitrogens with zero attached hydrogens (tertiary/aromatic N) is 1. The van der Waals surface area contributed by atoms with Crippen LogP contribution in [0.1, 0.15) is 22.3 Å². The summed E-state index contributed by atoms with van der Waals surface area (Å²) in [6.45, 7) is 0. The van der Waals surface area contributed by atoms with Crippen molar-refractivity contribution >= 4 is 41.4 Å². The highest BCUT2D eigenvalue weighted by atomic mass is 28.3. The van der Waals surface area contributed by atoms with Crippen LogP contribution < -0.4 is 25.2 Å². The van der Waals surface area contributed by atoms with E-state index in [0.29, 0.717) is 0 Å². The van der Waals surface area contributed by atoms with Gasteiger partial charge in [0.05, 0.1) is 5.41 Å². The second-order valence-electron chi connectivity index (χ2n) is 15.2. The average molecular weight is 758 g/mol. The van der Waals surface area contributed by atoms with E-state index in [1.165, 1.54) is 60.1 Å². The van der Waals surface area contributed by atoms with Gasteiger partial charge in [0.1, 0.15) is 20.3 Å². The minimum atomic E-state index is -2.05. The molecule has 2 nitrogen and oxygen atoms in total. The monoisotopic (exact) mass is 757 g/mol. The zero-order valence-electron chi connectivity index (χ0n) is 31.9. The first-order chi connectivity index (χ1) is 28.8. The third-order valence-corrected chi connectivity index (χ3v) is 15.3. The van der Waals surface area contributed by atoms with Crippen molar-refractivity contribution < 1.29 is 4.74 Å². The smallest absolute Gasteiger partial charge is 0.133 e. The van der Waals surface area contributed by atoms with Crippen LogP contribution in [0.4, 0.5) is 17.1 Å². The van der Waals surface area contributed by atoms with E-state index in [9.17, 15) is 0 Å². The van der Waals surface area contributed by atoms with Gasteiger partial charge in [-0.15, -0.1) is 0 Å². The molecular weight excluding hydrogens is 719 g/mol. The fourth-order valence-corrected chi connectivity index (χ4v) is 13.2. The quantitative estimate of drug-likeness (QED) is 0.157. The number of fused-ring (bicyclic) bond motifs is 8. The molecule has 0 aliphatic carbocycles. The Kier molecular flexibility index (Phi) is 8.27. The predicted octanol–water partition coefficient (Wildman–Crippen LogP) is 11.5. The van der Waals surface area contributed by atoms with E-state index < -0.39 is 14.2 Å². The highest BCUT2D eigenvalue weighted by molar-refractivity contribution is 6.96. The minimum absolute atomic E-state index is 0.570. The van der Waals surface area contributed by atoms with Gasteiger partial charge in [-0.1, -0.05) is 181 Å². The zero-order valence-corrected chi connectivity index (χ0v) is 33.0.